The van der Waals surface area contributed by atoms with Crippen LogP contribution in [-0.2, 0) is 43.1 Å². The molecule has 0 atom stereocenters. The third-order valence-electron chi connectivity index (χ3n) is 7.18. The molecule has 0 bridgehead atoms. The van der Waals surface area contributed by atoms with E-state index in [1.54, 1.807) is 9.36 Å². The topological polar surface area (TPSA) is 171 Å². The van der Waals surface area contributed by atoms with Gasteiger partial charge in [-0.05, 0) is 67.5 Å². The van der Waals surface area contributed by atoms with Gasteiger partial charge in [-0.3, -0.25) is 24.4 Å². The zero-order valence-electron chi connectivity index (χ0n) is 28.5. The number of rotatable bonds is 11. The SMILES string of the molecule is CCOC(=O)COC(=O)c1cc(Oc2ccc(C(F)(F)F)cc2Cl)ccc1[N+](=O)[O-].COC(=O)CSc1cc(N=c2sc(=O)n3n2CCCC3)c(F)cc1Cl. The number of fused-ring (bicyclic) bond motifs is 1. The summed E-state index contributed by atoms with van der Waals surface area (Å²) in [5.74, 6) is -3.28. The van der Waals surface area contributed by atoms with Gasteiger partial charge in [0.2, 0.25) is 4.80 Å². The minimum atomic E-state index is -4.61. The summed E-state index contributed by atoms with van der Waals surface area (Å²) in [4.78, 5) is 62.3. The molecule has 0 spiro atoms. The Bertz CT molecular complexity index is 2230. The molecule has 5 rings (SSSR count). The molecule has 0 saturated heterocycles. The van der Waals surface area contributed by atoms with Crippen LogP contribution in [0.2, 0.25) is 10.0 Å². The quantitative estimate of drug-likeness (QED) is 0.0364. The van der Waals surface area contributed by atoms with E-state index >= 15 is 0 Å². The van der Waals surface area contributed by atoms with Crippen LogP contribution in [0.5, 0.6) is 11.5 Å². The van der Waals surface area contributed by atoms with Crippen molar-refractivity contribution < 1.29 is 55.8 Å². The Kier molecular flexibility index (Phi) is 14.9. The van der Waals surface area contributed by atoms with Crippen LogP contribution in [0.15, 0.2) is 63.2 Å². The van der Waals surface area contributed by atoms with Crippen LogP contribution < -0.4 is 14.4 Å². The van der Waals surface area contributed by atoms with Crippen molar-refractivity contribution in [2.24, 2.45) is 4.99 Å². The summed E-state index contributed by atoms with van der Waals surface area (Å²) in [6.45, 7) is 2.15. The van der Waals surface area contributed by atoms with Crippen LogP contribution >= 0.6 is 46.3 Å². The van der Waals surface area contributed by atoms with E-state index in [-0.39, 0.29) is 44.5 Å². The number of carbonyl (C=O) groups is 3. The van der Waals surface area contributed by atoms with E-state index < -0.39 is 58.2 Å². The van der Waals surface area contributed by atoms with Gasteiger partial charge in [0.15, 0.2) is 6.61 Å². The number of thioether (sulfide) groups is 1. The molecule has 0 amide bonds. The monoisotopic (exact) mass is 850 g/mol. The van der Waals surface area contributed by atoms with Crippen LogP contribution in [-0.4, -0.2) is 58.3 Å². The summed E-state index contributed by atoms with van der Waals surface area (Å²) >= 11 is 14.0. The van der Waals surface area contributed by atoms with Gasteiger partial charge in [0.05, 0.1) is 40.0 Å². The smallest absolute Gasteiger partial charge is 0.416 e. The van der Waals surface area contributed by atoms with Crippen molar-refractivity contribution >= 4 is 75.6 Å². The van der Waals surface area contributed by atoms with Gasteiger partial charge < -0.3 is 18.9 Å². The maximum absolute atomic E-state index is 14.3. The number of esters is 3. The van der Waals surface area contributed by atoms with Gasteiger partial charge in [0.25, 0.3) is 5.69 Å². The molecule has 1 aliphatic heterocycles. The standard InChI is InChI=1S/C18H13ClF3NO7.C15H15ClFN3O3S2/c1-2-28-16(24)9-29-17(25)12-8-11(4-5-14(12)23(26)27)30-15-6-3-10(7-13(15)19)18(20,21)22;1-23-13(21)8-24-12-7-11(10(17)6-9(12)16)18-14-19-4-2-3-5-20(19)15(22)25-14/h3-8H,2,9H2,1H3;6-7H,2-5,8H2,1H3. The molecule has 294 valence electrons. The summed E-state index contributed by atoms with van der Waals surface area (Å²) in [7, 11) is 1.30. The van der Waals surface area contributed by atoms with Crippen LogP contribution in [0.3, 0.4) is 0 Å². The first kappa shape index (κ1) is 42.8. The van der Waals surface area contributed by atoms with Crippen LogP contribution in [0.25, 0.3) is 0 Å². The first-order valence-electron chi connectivity index (χ1n) is 15.7. The van der Waals surface area contributed by atoms with Gasteiger partial charge in [0, 0.05) is 30.1 Å². The molecule has 4 aromatic rings. The van der Waals surface area contributed by atoms with Crippen molar-refractivity contribution in [1.82, 2.24) is 9.36 Å². The maximum Gasteiger partial charge on any atom is 0.416 e. The minimum Gasteiger partial charge on any atom is -0.468 e. The maximum atomic E-state index is 14.3. The second kappa shape index (κ2) is 19.1. The number of methoxy groups -OCH3 is 1. The second-order valence-electron chi connectivity index (χ2n) is 10.9. The lowest BCUT2D eigenvalue weighted by Crippen LogP contribution is -2.31. The van der Waals surface area contributed by atoms with Crippen LogP contribution in [0.1, 0.15) is 35.7 Å². The number of benzene rings is 3. The Morgan fingerprint density at radius 3 is 2.35 bits per heavy atom. The first-order valence-corrected chi connectivity index (χ1v) is 18.3. The number of carbonyl (C=O) groups excluding carboxylic acids is 3. The van der Waals surface area contributed by atoms with E-state index in [0.29, 0.717) is 28.9 Å². The first-order chi connectivity index (χ1) is 26.0. The fraction of sp³-hybridized carbons (Fsp3) is 0.303. The number of aromatic nitrogens is 2. The number of halogens is 6. The molecular weight excluding hydrogens is 823 g/mol. The Labute approximate surface area is 326 Å². The molecular formula is C33H28Cl2F4N4O10S2. The van der Waals surface area contributed by atoms with Crippen molar-refractivity contribution in [3.05, 3.63) is 100 Å². The Morgan fingerprint density at radius 2 is 1.71 bits per heavy atom. The van der Waals surface area contributed by atoms with Crippen LogP contribution in [0, 0.1) is 15.9 Å². The van der Waals surface area contributed by atoms with Crippen molar-refractivity contribution in [1.29, 1.82) is 0 Å². The number of nitro benzene ring substituents is 1. The summed E-state index contributed by atoms with van der Waals surface area (Å²) in [6.07, 6.45) is -2.71. The van der Waals surface area contributed by atoms with Crippen LogP contribution in [0.4, 0.5) is 28.9 Å². The van der Waals surface area contributed by atoms with Gasteiger partial charge in [-0.25, -0.2) is 23.7 Å². The summed E-state index contributed by atoms with van der Waals surface area (Å²) < 4.78 is 75.0. The van der Waals surface area contributed by atoms with E-state index in [4.69, 9.17) is 32.7 Å². The summed E-state index contributed by atoms with van der Waals surface area (Å²) in [5.41, 5.74) is -2.08. The van der Waals surface area contributed by atoms with E-state index in [2.05, 4.69) is 14.5 Å². The predicted octanol–water partition coefficient (Wildman–Crippen LogP) is 7.57. The highest BCUT2D eigenvalue weighted by molar-refractivity contribution is 8.00. The number of nitro groups is 1. The molecule has 0 aliphatic carbocycles. The highest BCUT2D eigenvalue weighted by Gasteiger charge is 2.31. The Hall–Kier alpha value is -4.92. The molecule has 3 aromatic carbocycles. The number of hydrogen-bond acceptors (Lipinski definition) is 13. The van der Waals surface area contributed by atoms with Gasteiger partial charge in [-0.15, -0.1) is 11.8 Å². The fourth-order valence-corrected chi connectivity index (χ4v) is 6.83. The van der Waals surface area contributed by atoms with Gasteiger partial charge in [-0.2, -0.15) is 13.2 Å². The zero-order chi connectivity index (χ0) is 40.4. The third-order valence-corrected chi connectivity index (χ3v) is 9.80. The fourth-order valence-electron chi connectivity index (χ4n) is 4.62. The lowest BCUT2D eigenvalue weighted by Gasteiger charge is -2.15. The molecule has 1 aromatic heterocycles. The van der Waals surface area contributed by atoms with Crippen molar-refractivity contribution in [2.45, 2.75) is 43.9 Å². The minimum absolute atomic E-state index is 0.0493. The molecule has 22 heteroatoms. The summed E-state index contributed by atoms with van der Waals surface area (Å²) in [5, 5.41) is 11.0. The molecule has 55 heavy (non-hydrogen) atoms. The number of hydrogen-bond donors (Lipinski definition) is 0. The Morgan fingerprint density at radius 1 is 1.00 bits per heavy atom. The molecule has 1 aliphatic rings. The van der Waals surface area contributed by atoms with Crippen molar-refractivity contribution in [3.8, 4) is 11.5 Å². The average molecular weight is 852 g/mol. The van der Waals surface area contributed by atoms with E-state index in [9.17, 15) is 46.9 Å². The number of nitrogens with zero attached hydrogens (tertiary/aromatic N) is 4. The molecule has 0 fully saturated rings. The lowest BCUT2D eigenvalue weighted by molar-refractivity contribution is -0.385. The van der Waals surface area contributed by atoms with E-state index in [0.717, 1.165) is 72.3 Å². The normalized spacial score (nSPS) is 12.5. The molecule has 0 unspecified atom stereocenters. The number of alkyl halides is 3. The van der Waals surface area contributed by atoms with E-state index in [1.807, 2.05) is 0 Å². The van der Waals surface area contributed by atoms with Gasteiger partial charge in [-0.1, -0.05) is 23.2 Å². The van der Waals surface area contributed by atoms with Crippen molar-refractivity contribution in [2.75, 3.05) is 26.1 Å². The zero-order valence-corrected chi connectivity index (χ0v) is 31.7. The second-order valence-corrected chi connectivity index (χ2v) is 13.6. The highest BCUT2D eigenvalue weighted by atomic mass is 35.5. The van der Waals surface area contributed by atoms with E-state index in [1.165, 1.54) is 20.1 Å². The highest BCUT2D eigenvalue weighted by Crippen LogP contribution is 2.37. The molecule has 0 N–H and O–H groups in total. The average Bonchev–Trinajstić information content (AvgIpc) is 3.46. The third kappa shape index (κ3) is 11.5. The molecule has 0 saturated carbocycles. The Balaban J connectivity index is 0.000000248. The summed E-state index contributed by atoms with van der Waals surface area (Å²) in [6, 6.07) is 8.00. The van der Waals surface area contributed by atoms with Gasteiger partial charge in [0.1, 0.15) is 28.6 Å². The van der Waals surface area contributed by atoms with Crippen molar-refractivity contribution in [3.63, 3.8) is 0 Å². The van der Waals surface area contributed by atoms with Gasteiger partial charge >= 0.3 is 29.0 Å². The largest absolute Gasteiger partial charge is 0.468 e. The number of ether oxygens (including phenoxy) is 4. The molecule has 0 radical (unpaired) electrons. The molecule has 14 nitrogen and oxygen atoms in total. The predicted molar refractivity (Wildman–Crippen MR) is 192 cm³/mol. The molecule has 2 heterocycles. The lowest BCUT2D eigenvalue weighted by atomic mass is 10.1.